The molecular weight excluding hydrogens is 444 g/mol. The summed E-state index contributed by atoms with van der Waals surface area (Å²) >= 11 is 0. The smallest absolute Gasteiger partial charge is 0.326 e. The molecule has 0 saturated carbocycles. The number of aromatic nitrogens is 4. The molecule has 1 unspecified atom stereocenters. The van der Waals surface area contributed by atoms with E-state index in [1.165, 1.54) is 12.2 Å². The monoisotopic (exact) mass is 470 g/mol. The van der Waals surface area contributed by atoms with E-state index in [1.54, 1.807) is 26.2 Å². The molecule has 0 radical (unpaired) electrons. The maximum Gasteiger partial charge on any atom is 0.326 e. The van der Waals surface area contributed by atoms with Crippen molar-refractivity contribution in [1.29, 1.82) is 0 Å². The molecule has 2 aromatic rings. The van der Waals surface area contributed by atoms with Gasteiger partial charge in [0, 0.05) is 24.7 Å². The quantitative estimate of drug-likeness (QED) is 0.224. The van der Waals surface area contributed by atoms with Crippen molar-refractivity contribution in [2.24, 2.45) is 0 Å². The highest BCUT2D eigenvalue weighted by Gasteiger charge is 2.21. The molecule has 34 heavy (non-hydrogen) atoms. The van der Waals surface area contributed by atoms with Gasteiger partial charge < -0.3 is 31.9 Å². The lowest BCUT2D eigenvalue weighted by Gasteiger charge is -2.19. The van der Waals surface area contributed by atoms with Crippen LogP contribution in [-0.2, 0) is 20.9 Å². The number of carbonyl (C=O) groups is 3. The Bertz CT molecular complexity index is 1180. The van der Waals surface area contributed by atoms with Gasteiger partial charge in [0.25, 0.3) is 5.91 Å². The maximum atomic E-state index is 12.4. The second-order valence-corrected chi connectivity index (χ2v) is 7.29. The number of nitrogen functional groups attached to an aromatic ring is 2. The molecule has 13 nitrogen and oxygen atoms in total. The highest BCUT2D eigenvalue weighted by molar-refractivity contribution is 5.98. The fourth-order valence-electron chi connectivity index (χ4n) is 2.77. The van der Waals surface area contributed by atoms with E-state index >= 15 is 0 Å². The Kier molecular flexibility index (Phi) is 8.59. The van der Waals surface area contributed by atoms with E-state index in [0.717, 1.165) is 5.70 Å². The standard InChI is InChI=1S/C21H26N8O5/c1-4-12(19(32)26-14(20(33)34)7-8-15(30)31)6-5-11(2)29(3)10-13-9-24-18-16(25-13)17(22)27-21(23)28-18/h4-6,9,14H,1,7-8,10H2,2-3H3,(H,26,32)(H,30,31)(H,33,34)(H4,22,23,24,27,28)/b11-5+,12-6+. The number of rotatable bonds is 11. The van der Waals surface area contributed by atoms with Gasteiger partial charge in [-0.05, 0) is 25.5 Å². The van der Waals surface area contributed by atoms with Crippen molar-refractivity contribution in [1.82, 2.24) is 30.2 Å². The molecule has 0 aliphatic carbocycles. The highest BCUT2D eigenvalue weighted by atomic mass is 16.4. The number of nitrogens with zero attached hydrogens (tertiary/aromatic N) is 5. The number of hydrogen-bond donors (Lipinski definition) is 5. The van der Waals surface area contributed by atoms with Gasteiger partial charge in [-0.3, -0.25) is 9.59 Å². The molecule has 0 fully saturated rings. The Morgan fingerprint density at radius 2 is 1.91 bits per heavy atom. The lowest BCUT2D eigenvalue weighted by atomic mass is 10.1. The summed E-state index contributed by atoms with van der Waals surface area (Å²) in [5.41, 5.74) is 13.5. The largest absolute Gasteiger partial charge is 0.481 e. The number of hydrogen-bond acceptors (Lipinski definition) is 10. The molecule has 0 saturated heterocycles. The van der Waals surface area contributed by atoms with Gasteiger partial charge in [0.15, 0.2) is 17.0 Å². The fraction of sp³-hybridized carbons (Fsp3) is 0.286. The maximum absolute atomic E-state index is 12.4. The average molecular weight is 470 g/mol. The van der Waals surface area contributed by atoms with E-state index in [9.17, 15) is 19.5 Å². The minimum Gasteiger partial charge on any atom is -0.481 e. The van der Waals surface area contributed by atoms with Gasteiger partial charge in [-0.1, -0.05) is 12.7 Å². The molecule has 2 rings (SSSR count). The van der Waals surface area contributed by atoms with Gasteiger partial charge in [0.05, 0.1) is 18.4 Å². The van der Waals surface area contributed by atoms with Crippen LogP contribution in [0.25, 0.3) is 11.2 Å². The van der Waals surface area contributed by atoms with Crippen molar-refractivity contribution >= 4 is 40.8 Å². The van der Waals surface area contributed by atoms with Crippen LogP contribution in [0.15, 0.2) is 42.3 Å². The van der Waals surface area contributed by atoms with Crippen LogP contribution in [0.4, 0.5) is 11.8 Å². The van der Waals surface area contributed by atoms with E-state index in [2.05, 4.69) is 31.8 Å². The van der Waals surface area contributed by atoms with Gasteiger partial charge >= 0.3 is 11.9 Å². The second kappa shape index (κ2) is 11.4. The van der Waals surface area contributed by atoms with E-state index in [4.69, 9.17) is 16.6 Å². The fourth-order valence-corrected chi connectivity index (χ4v) is 2.77. The Labute approximate surface area is 194 Å². The van der Waals surface area contributed by atoms with Gasteiger partial charge in [0.2, 0.25) is 5.95 Å². The predicted octanol–water partition coefficient (Wildman–Crippen LogP) is 0.466. The number of nitrogens with two attached hydrogens (primary N) is 2. The van der Waals surface area contributed by atoms with Crippen molar-refractivity contribution in [2.75, 3.05) is 18.5 Å². The summed E-state index contributed by atoms with van der Waals surface area (Å²) in [6.45, 7) is 5.73. The van der Waals surface area contributed by atoms with E-state index in [1.807, 2.05) is 4.90 Å². The first kappa shape index (κ1) is 25.7. The van der Waals surface area contributed by atoms with Gasteiger partial charge in [-0.25, -0.2) is 14.8 Å². The van der Waals surface area contributed by atoms with Crippen molar-refractivity contribution in [2.45, 2.75) is 32.4 Å². The Morgan fingerprint density at radius 3 is 2.53 bits per heavy atom. The number of amides is 1. The molecule has 1 atom stereocenters. The van der Waals surface area contributed by atoms with Crippen LogP contribution >= 0.6 is 0 Å². The van der Waals surface area contributed by atoms with Crippen LogP contribution in [0.1, 0.15) is 25.5 Å². The zero-order valence-electron chi connectivity index (χ0n) is 18.7. The van der Waals surface area contributed by atoms with Crippen LogP contribution in [0.3, 0.4) is 0 Å². The van der Waals surface area contributed by atoms with Crippen molar-refractivity contribution in [3.63, 3.8) is 0 Å². The molecule has 0 aliphatic heterocycles. The summed E-state index contributed by atoms with van der Waals surface area (Å²) in [5, 5.41) is 20.3. The molecule has 180 valence electrons. The van der Waals surface area contributed by atoms with Crippen LogP contribution in [0.2, 0.25) is 0 Å². The normalized spacial score (nSPS) is 12.8. The van der Waals surface area contributed by atoms with Gasteiger partial charge in [-0.15, -0.1) is 0 Å². The summed E-state index contributed by atoms with van der Waals surface area (Å²) in [7, 11) is 1.80. The van der Waals surface area contributed by atoms with Crippen molar-refractivity contribution in [3.8, 4) is 0 Å². The molecule has 13 heteroatoms. The van der Waals surface area contributed by atoms with Crippen molar-refractivity contribution in [3.05, 3.63) is 48.0 Å². The SMILES string of the molecule is C=C/C(=C\C=C(/C)N(C)Cc1cnc2nc(N)nc(N)c2n1)C(=O)NC(CCC(=O)O)C(=O)O. The third-order valence-corrected chi connectivity index (χ3v) is 4.74. The number of aliphatic carboxylic acids is 2. The minimum absolute atomic E-state index is 0.00774. The Hall–Kier alpha value is -4.55. The molecule has 0 aromatic carbocycles. The summed E-state index contributed by atoms with van der Waals surface area (Å²) in [5.74, 6) is -3.03. The topological polar surface area (TPSA) is 211 Å². The second-order valence-electron chi connectivity index (χ2n) is 7.29. The van der Waals surface area contributed by atoms with Gasteiger partial charge in [0.1, 0.15) is 6.04 Å². The number of carbonyl (C=O) groups excluding carboxylic acids is 1. The summed E-state index contributed by atoms with van der Waals surface area (Å²) in [6, 6.07) is -1.34. The van der Waals surface area contributed by atoms with E-state index < -0.39 is 30.3 Å². The first-order valence-electron chi connectivity index (χ1n) is 10.0. The molecule has 2 heterocycles. The summed E-state index contributed by atoms with van der Waals surface area (Å²) in [4.78, 5) is 52.8. The number of anilines is 2. The van der Waals surface area contributed by atoms with Crippen LogP contribution < -0.4 is 16.8 Å². The zero-order valence-corrected chi connectivity index (χ0v) is 18.7. The molecule has 1 amide bonds. The predicted molar refractivity (Wildman–Crippen MR) is 124 cm³/mol. The van der Waals surface area contributed by atoms with E-state index in [0.29, 0.717) is 17.8 Å². The van der Waals surface area contributed by atoms with E-state index in [-0.39, 0.29) is 29.4 Å². The first-order valence-corrected chi connectivity index (χ1v) is 10.0. The third kappa shape index (κ3) is 6.98. The molecular formula is C21H26N8O5. The molecule has 7 N–H and O–H groups in total. The molecule has 0 aliphatic rings. The lowest BCUT2D eigenvalue weighted by molar-refractivity contribution is -0.142. The summed E-state index contributed by atoms with van der Waals surface area (Å²) < 4.78 is 0. The van der Waals surface area contributed by atoms with Crippen LogP contribution in [-0.4, -0.2) is 66.0 Å². The number of carboxylic acids is 2. The van der Waals surface area contributed by atoms with Gasteiger partial charge in [-0.2, -0.15) is 9.97 Å². The zero-order chi connectivity index (χ0) is 25.4. The molecule has 2 aromatic heterocycles. The third-order valence-electron chi connectivity index (χ3n) is 4.74. The van der Waals surface area contributed by atoms with Crippen LogP contribution in [0.5, 0.6) is 0 Å². The van der Waals surface area contributed by atoms with Crippen molar-refractivity contribution < 1.29 is 24.6 Å². The Balaban J connectivity index is 2.12. The first-order chi connectivity index (χ1) is 16.0. The summed E-state index contributed by atoms with van der Waals surface area (Å²) in [6.07, 6.45) is 5.31. The number of allylic oxidation sites excluding steroid dienone is 3. The lowest BCUT2D eigenvalue weighted by Crippen LogP contribution is -2.41. The molecule has 0 spiro atoms. The number of fused-ring (bicyclic) bond motifs is 1. The average Bonchev–Trinajstić information content (AvgIpc) is 2.76. The Morgan fingerprint density at radius 1 is 1.21 bits per heavy atom. The number of nitrogens with one attached hydrogen (secondary N) is 1. The minimum atomic E-state index is -1.34. The van der Waals surface area contributed by atoms with Crippen LogP contribution in [0, 0.1) is 0 Å². The highest BCUT2D eigenvalue weighted by Crippen LogP contribution is 2.16. The molecule has 0 bridgehead atoms. The number of carboxylic acid groups (broad SMARTS) is 2.